The third-order valence-corrected chi connectivity index (χ3v) is 6.14. The number of amides is 3. The van der Waals surface area contributed by atoms with E-state index in [1.807, 2.05) is 18.2 Å². The number of benzene rings is 1. The lowest BCUT2D eigenvalue weighted by atomic mass is 10.0. The molecule has 2 fully saturated rings. The van der Waals surface area contributed by atoms with E-state index in [0.717, 1.165) is 17.5 Å². The third-order valence-electron chi connectivity index (χ3n) is 6.14. The highest BCUT2D eigenvalue weighted by Crippen LogP contribution is 2.34. The van der Waals surface area contributed by atoms with Crippen LogP contribution in [0.1, 0.15) is 53.6 Å². The van der Waals surface area contributed by atoms with E-state index in [0.29, 0.717) is 37.9 Å². The van der Waals surface area contributed by atoms with E-state index in [1.54, 1.807) is 4.90 Å². The zero-order valence-electron chi connectivity index (χ0n) is 15.7. The van der Waals surface area contributed by atoms with Gasteiger partial charge in [-0.15, -0.1) is 0 Å². The molecule has 1 aromatic rings. The van der Waals surface area contributed by atoms with Crippen LogP contribution in [0.15, 0.2) is 18.2 Å². The number of hydrogen-bond donors (Lipinski definition) is 3. The predicted molar refractivity (Wildman–Crippen MR) is 99.9 cm³/mol. The second-order valence-corrected chi connectivity index (χ2v) is 8.03. The average molecular weight is 388 g/mol. The molecule has 3 amide bonds. The molecule has 1 aliphatic carbocycles. The molecule has 8 heteroatoms. The molecule has 150 valence electrons. The molecule has 1 unspecified atom stereocenters. The van der Waals surface area contributed by atoms with Crippen LogP contribution in [0.2, 0.25) is 0 Å². The van der Waals surface area contributed by atoms with Gasteiger partial charge in [0.2, 0.25) is 11.8 Å². The second kappa shape index (κ2) is 7.25. The van der Waals surface area contributed by atoms with Gasteiger partial charge in [0.1, 0.15) is 11.7 Å². The number of piperidine rings is 1. The Kier molecular flexibility index (Phi) is 4.93. The number of imide groups is 1. The molecule has 0 radical (unpaired) electrons. The van der Waals surface area contributed by atoms with Crippen LogP contribution in [-0.4, -0.2) is 46.9 Å². The molecule has 28 heavy (non-hydrogen) atoms. The summed E-state index contributed by atoms with van der Waals surface area (Å²) in [6.45, 7) is 0.854. The van der Waals surface area contributed by atoms with E-state index < -0.39 is 17.6 Å². The van der Waals surface area contributed by atoms with Gasteiger partial charge in [-0.25, -0.2) is 4.39 Å². The Morgan fingerprint density at radius 3 is 2.82 bits per heavy atom. The molecule has 1 saturated heterocycles. The molecule has 4 N–H and O–H groups in total. The smallest absolute Gasteiger partial charge is 0.255 e. The minimum atomic E-state index is -1.30. The van der Waals surface area contributed by atoms with Crippen molar-refractivity contribution in [2.24, 2.45) is 5.73 Å². The fraction of sp³-hybridized carbons (Fsp3) is 0.550. The molecule has 0 spiro atoms. The largest absolute Gasteiger partial charge is 0.328 e. The summed E-state index contributed by atoms with van der Waals surface area (Å²) in [5.74, 6) is -0.896. The van der Waals surface area contributed by atoms with Crippen molar-refractivity contribution in [2.45, 2.75) is 62.9 Å². The number of rotatable bonds is 5. The maximum Gasteiger partial charge on any atom is 0.255 e. The van der Waals surface area contributed by atoms with Crippen LogP contribution in [-0.2, 0) is 22.7 Å². The van der Waals surface area contributed by atoms with E-state index in [2.05, 4.69) is 10.6 Å². The molecule has 2 aliphatic heterocycles. The van der Waals surface area contributed by atoms with Crippen LogP contribution in [0.4, 0.5) is 4.39 Å². The molecule has 3 atom stereocenters. The summed E-state index contributed by atoms with van der Waals surface area (Å²) in [4.78, 5) is 38.2. The Hall–Kier alpha value is -2.32. The number of hydrogen-bond acceptors (Lipinski definition) is 5. The lowest BCUT2D eigenvalue weighted by Gasteiger charge is -2.29. The minimum absolute atomic E-state index is 0.0331. The first-order valence-electron chi connectivity index (χ1n) is 9.78. The van der Waals surface area contributed by atoms with E-state index in [4.69, 9.17) is 5.73 Å². The van der Waals surface area contributed by atoms with Gasteiger partial charge >= 0.3 is 0 Å². The summed E-state index contributed by atoms with van der Waals surface area (Å²) < 4.78 is 14.3. The first kappa shape index (κ1) is 19.0. The highest BCUT2D eigenvalue weighted by molar-refractivity contribution is 6.05. The summed E-state index contributed by atoms with van der Waals surface area (Å²) in [6.07, 6.45) is 2.14. The summed E-state index contributed by atoms with van der Waals surface area (Å²) >= 11 is 0. The number of nitrogens with one attached hydrogen (secondary N) is 2. The average Bonchev–Trinajstić information content (AvgIpc) is 3.22. The highest BCUT2D eigenvalue weighted by atomic mass is 19.1. The van der Waals surface area contributed by atoms with Crippen LogP contribution in [0.5, 0.6) is 0 Å². The predicted octanol–water partition coefficient (Wildman–Crippen LogP) is 0.757. The van der Waals surface area contributed by atoms with Crippen molar-refractivity contribution >= 4 is 17.7 Å². The van der Waals surface area contributed by atoms with Gasteiger partial charge in [0, 0.05) is 37.7 Å². The molecule has 4 rings (SSSR count). The third kappa shape index (κ3) is 3.42. The van der Waals surface area contributed by atoms with Gasteiger partial charge in [-0.1, -0.05) is 18.2 Å². The summed E-state index contributed by atoms with van der Waals surface area (Å²) in [5.41, 5.74) is 6.57. The maximum absolute atomic E-state index is 14.3. The maximum atomic E-state index is 14.3. The number of fused-ring (bicyclic) bond motifs is 1. The fourth-order valence-electron chi connectivity index (χ4n) is 4.53. The molecule has 7 nitrogen and oxygen atoms in total. The van der Waals surface area contributed by atoms with Crippen molar-refractivity contribution in [2.75, 3.05) is 6.54 Å². The molecule has 1 saturated carbocycles. The van der Waals surface area contributed by atoms with Crippen LogP contribution in [0, 0.1) is 0 Å². The number of carbonyl (C=O) groups excluding carboxylic acids is 3. The van der Waals surface area contributed by atoms with E-state index in [9.17, 15) is 18.8 Å². The lowest BCUT2D eigenvalue weighted by Crippen LogP contribution is -2.52. The first-order valence-corrected chi connectivity index (χ1v) is 9.78. The monoisotopic (exact) mass is 388 g/mol. The Balaban J connectivity index is 1.46. The lowest BCUT2D eigenvalue weighted by molar-refractivity contribution is -0.136. The Morgan fingerprint density at radius 1 is 1.29 bits per heavy atom. The summed E-state index contributed by atoms with van der Waals surface area (Å²) in [6, 6.07) is 5.08. The molecular weight excluding hydrogens is 363 g/mol. The summed E-state index contributed by atoms with van der Waals surface area (Å²) in [7, 11) is 0. The molecule has 0 bridgehead atoms. The standard InChI is InChI=1S/C20H25FN4O3/c21-20(11-22)7-6-14(8-20)23-9-12-2-1-3-13-10-25(19(28)17(12)13)15-4-5-16(26)24-18(15)27/h1-3,14-15,23H,4-11,22H2,(H,24,26,27)/t14-,15?,20+/m0/s1. The zero-order chi connectivity index (χ0) is 19.9. The van der Waals surface area contributed by atoms with Gasteiger partial charge in [0.25, 0.3) is 5.91 Å². The normalized spacial score (nSPS) is 29.9. The van der Waals surface area contributed by atoms with Gasteiger partial charge in [0.05, 0.1) is 0 Å². The van der Waals surface area contributed by atoms with Gasteiger partial charge in [-0.2, -0.15) is 0 Å². The number of nitrogens with two attached hydrogens (primary N) is 1. The van der Waals surface area contributed by atoms with E-state index >= 15 is 0 Å². The van der Waals surface area contributed by atoms with Gasteiger partial charge in [0.15, 0.2) is 0 Å². The fourth-order valence-corrected chi connectivity index (χ4v) is 4.53. The molecule has 0 aromatic heterocycles. The number of carbonyl (C=O) groups is 3. The van der Waals surface area contributed by atoms with Gasteiger partial charge < -0.3 is 16.0 Å². The topological polar surface area (TPSA) is 105 Å². The van der Waals surface area contributed by atoms with Crippen molar-refractivity contribution in [3.63, 3.8) is 0 Å². The molecular formula is C20H25FN4O3. The van der Waals surface area contributed by atoms with Crippen LogP contribution in [0.25, 0.3) is 0 Å². The second-order valence-electron chi connectivity index (χ2n) is 8.03. The van der Waals surface area contributed by atoms with Gasteiger partial charge in [-0.3, -0.25) is 19.7 Å². The Morgan fingerprint density at radius 2 is 2.11 bits per heavy atom. The highest BCUT2D eigenvalue weighted by Gasteiger charge is 2.41. The van der Waals surface area contributed by atoms with Crippen LogP contribution in [0.3, 0.4) is 0 Å². The van der Waals surface area contributed by atoms with Crippen molar-refractivity contribution in [1.82, 2.24) is 15.5 Å². The number of nitrogens with zero attached hydrogens (tertiary/aromatic N) is 1. The van der Waals surface area contributed by atoms with Crippen LogP contribution >= 0.6 is 0 Å². The van der Waals surface area contributed by atoms with E-state index in [1.165, 1.54) is 0 Å². The quantitative estimate of drug-likeness (QED) is 0.646. The van der Waals surface area contributed by atoms with Crippen LogP contribution < -0.4 is 16.4 Å². The van der Waals surface area contributed by atoms with Crippen molar-refractivity contribution < 1.29 is 18.8 Å². The Bertz CT molecular complexity index is 830. The molecule has 3 aliphatic rings. The Labute approximate surface area is 162 Å². The number of alkyl halides is 1. The van der Waals surface area contributed by atoms with Crippen molar-refractivity contribution in [3.8, 4) is 0 Å². The zero-order valence-corrected chi connectivity index (χ0v) is 15.7. The minimum Gasteiger partial charge on any atom is -0.328 e. The van der Waals surface area contributed by atoms with E-state index in [-0.39, 0.29) is 30.8 Å². The van der Waals surface area contributed by atoms with Crippen molar-refractivity contribution in [1.29, 1.82) is 0 Å². The van der Waals surface area contributed by atoms with Crippen molar-refractivity contribution in [3.05, 3.63) is 34.9 Å². The van der Waals surface area contributed by atoms with Gasteiger partial charge in [-0.05, 0) is 36.8 Å². The number of halogens is 1. The summed E-state index contributed by atoms with van der Waals surface area (Å²) in [5, 5.41) is 5.67. The molecule has 2 heterocycles. The SMILES string of the molecule is NC[C@@]1(F)CC[C@H](NCc2cccc3c2C(=O)N(C2CCC(=O)NC2=O)C3)C1. The first-order chi connectivity index (χ1) is 13.4. The molecule has 1 aromatic carbocycles.